The molecule has 4 aromatic rings. The highest BCUT2D eigenvalue weighted by Crippen LogP contribution is 2.33. The summed E-state index contributed by atoms with van der Waals surface area (Å²) in [5, 5.41) is 8.56. The molecule has 2 heterocycles. The van der Waals surface area contributed by atoms with Gasteiger partial charge in [0.15, 0.2) is 5.78 Å². The first kappa shape index (κ1) is 18.2. The number of rotatable bonds is 6. The molecular weight excluding hydrogens is 368 g/mol. The fourth-order valence-corrected chi connectivity index (χ4v) is 3.96. The molecule has 4 nitrogen and oxygen atoms in total. The maximum atomic E-state index is 12.2. The van der Waals surface area contributed by atoms with Gasteiger partial charge in [-0.25, -0.2) is 0 Å². The molecule has 1 N–H and O–H groups in total. The maximum Gasteiger partial charge on any atom is 0.163 e. The van der Waals surface area contributed by atoms with E-state index >= 15 is 0 Å². The van der Waals surface area contributed by atoms with Crippen molar-refractivity contribution in [2.75, 3.05) is 0 Å². The van der Waals surface area contributed by atoms with E-state index in [0.717, 1.165) is 37.6 Å². The van der Waals surface area contributed by atoms with Crippen LogP contribution in [0.2, 0.25) is 0 Å². The molecule has 0 atom stereocenters. The zero-order valence-corrected chi connectivity index (χ0v) is 16.2. The van der Waals surface area contributed by atoms with E-state index in [1.54, 1.807) is 18.0 Å². The molecule has 0 fully saturated rings. The lowest BCUT2D eigenvalue weighted by molar-refractivity contribution is 0.0985. The van der Waals surface area contributed by atoms with Crippen molar-refractivity contribution >= 4 is 40.6 Å². The van der Waals surface area contributed by atoms with E-state index in [9.17, 15) is 4.79 Å². The summed E-state index contributed by atoms with van der Waals surface area (Å²) in [5.41, 5.74) is 3.51. The fraction of sp³-hybridized carbons (Fsp3) is 0.0870. The van der Waals surface area contributed by atoms with Crippen molar-refractivity contribution in [3.63, 3.8) is 0 Å². The van der Waals surface area contributed by atoms with E-state index in [1.165, 1.54) is 0 Å². The number of carbonyl (C=O) groups excluding carboxylic acids is 1. The first-order valence-corrected chi connectivity index (χ1v) is 9.93. The summed E-state index contributed by atoms with van der Waals surface area (Å²) in [5.74, 6) is 0.160. The minimum atomic E-state index is 0.160. The molecule has 0 aliphatic heterocycles. The number of nitrogens with zero attached hydrogens (tertiary/aromatic N) is 2. The topological polar surface area (TPSA) is 58.6 Å². The van der Waals surface area contributed by atoms with E-state index in [0.29, 0.717) is 6.42 Å². The van der Waals surface area contributed by atoms with Gasteiger partial charge in [-0.15, -0.1) is 0 Å². The molecule has 0 amide bonds. The van der Waals surface area contributed by atoms with E-state index in [1.807, 2.05) is 61.5 Å². The van der Waals surface area contributed by atoms with Crippen molar-refractivity contribution in [3.05, 3.63) is 83.8 Å². The number of hydrogen-bond acceptors (Lipinski definition) is 4. The first-order valence-electron chi connectivity index (χ1n) is 9.12. The van der Waals surface area contributed by atoms with Crippen LogP contribution in [0.25, 0.3) is 23.1 Å². The SMILES string of the molecule is CCC(=[18O])c1ccccc1Sc1ccc2c(/C=C/c3ccccn3)n[nH]c2c1. The van der Waals surface area contributed by atoms with Gasteiger partial charge in [0, 0.05) is 33.4 Å². The monoisotopic (exact) mass is 387 g/mol. The number of Topliss-reactive ketones (excluding diaryl/α,β-unsaturated/α-hetero) is 1. The Morgan fingerprint density at radius 3 is 2.75 bits per heavy atom. The second-order valence-electron chi connectivity index (χ2n) is 6.28. The van der Waals surface area contributed by atoms with Crippen LogP contribution in [-0.4, -0.2) is 21.0 Å². The van der Waals surface area contributed by atoms with Gasteiger partial charge in [0.2, 0.25) is 0 Å². The summed E-state index contributed by atoms with van der Waals surface area (Å²) in [6.07, 6.45) is 6.18. The molecule has 0 unspecified atom stereocenters. The van der Waals surface area contributed by atoms with E-state index in [4.69, 9.17) is 0 Å². The molecular formula is C23H19N3OS. The van der Waals surface area contributed by atoms with Gasteiger partial charge >= 0.3 is 0 Å². The number of hydrogen-bond donors (Lipinski definition) is 1. The zero-order valence-electron chi connectivity index (χ0n) is 15.4. The number of nitrogens with one attached hydrogen (secondary N) is 1. The molecule has 0 radical (unpaired) electrons. The van der Waals surface area contributed by atoms with Crippen LogP contribution < -0.4 is 0 Å². The molecule has 0 saturated carbocycles. The Bertz CT molecular complexity index is 1150. The van der Waals surface area contributed by atoms with Gasteiger partial charge in [0.05, 0.1) is 16.9 Å². The quantitative estimate of drug-likeness (QED) is 0.332. The summed E-state index contributed by atoms with van der Waals surface area (Å²) < 4.78 is 0. The van der Waals surface area contributed by atoms with E-state index < -0.39 is 0 Å². The Hall–Kier alpha value is -3.18. The third-order valence-corrected chi connectivity index (χ3v) is 5.47. The number of aromatic amines is 1. The van der Waals surface area contributed by atoms with E-state index in [-0.39, 0.29) is 5.78 Å². The molecule has 28 heavy (non-hydrogen) atoms. The van der Waals surface area contributed by atoms with Gasteiger partial charge in [-0.05, 0) is 48.6 Å². The van der Waals surface area contributed by atoms with Crippen molar-refractivity contribution in [3.8, 4) is 0 Å². The largest absolute Gasteiger partial charge is 0.294 e. The predicted octanol–water partition coefficient (Wildman–Crippen LogP) is 5.87. The molecule has 0 spiro atoms. The average molecular weight is 387 g/mol. The maximum absolute atomic E-state index is 12.2. The number of fused-ring (bicyclic) bond motifs is 1. The zero-order chi connectivity index (χ0) is 19.3. The third kappa shape index (κ3) is 3.89. The molecule has 4 rings (SSSR count). The highest BCUT2D eigenvalue weighted by atomic mass is 32.2. The molecule has 0 aliphatic carbocycles. The molecule has 5 heteroatoms. The van der Waals surface area contributed by atoms with Gasteiger partial charge in [-0.1, -0.05) is 43.0 Å². The van der Waals surface area contributed by atoms with Gasteiger partial charge in [0.1, 0.15) is 0 Å². The van der Waals surface area contributed by atoms with Crippen LogP contribution in [0.4, 0.5) is 0 Å². The Kier molecular flexibility index (Phi) is 5.35. The number of carbonyl (C=O) groups is 1. The predicted molar refractivity (Wildman–Crippen MR) is 114 cm³/mol. The fourth-order valence-electron chi connectivity index (χ4n) is 2.95. The lowest BCUT2D eigenvalue weighted by Crippen LogP contribution is -1.98. The summed E-state index contributed by atoms with van der Waals surface area (Å²) in [4.78, 5) is 18.5. The van der Waals surface area contributed by atoms with Gasteiger partial charge in [0.25, 0.3) is 0 Å². The second kappa shape index (κ2) is 8.23. The lowest BCUT2D eigenvalue weighted by atomic mass is 10.1. The van der Waals surface area contributed by atoms with Gasteiger partial charge in [-0.3, -0.25) is 14.9 Å². The summed E-state index contributed by atoms with van der Waals surface area (Å²) in [6.45, 7) is 1.89. The highest BCUT2D eigenvalue weighted by Gasteiger charge is 2.11. The minimum Gasteiger partial charge on any atom is -0.294 e. The molecule has 0 aliphatic rings. The Morgan fingerprint density at radius 2 is 1.93 bits per heavy atom. The number of benzene rings is 2. The smallest absolute Gasteiger partial charge is 0.163 e. The van der Waals surface area contributed by atoms with Crippen molar-refractivity contribution in [1.82, 2.24) is 15.2 Å². The minimum absolute atomic E-state index is 0.160. The first-order chi connectivity index (χ1) is 13.7. The van der Waals surface area contributed by atoms with Crippen LogP contribution in [0.3, 0.4) is 0 Å². The van der Waals surface area contributed by atoms with Crippen molar-refractivity contribution in [1.29, 1.82) is 0 Å². The third-order valence-electron chi connectivity index (χ3n) is 4.40. The van der Waals surface area contributed by atoms with Crippen LogP contribution >= 0.6 is 11.8 Å². The average Bonchev–Trinajstić information content (AvgIpc) is 3.15. The van der Waals surface area contributed by atoms with Crippen molar-refractivity contribution in [2.24, 2.45) is 0 Å². The highest BCUT2D eigenvalue weighted by molar-refractivity contribution is 7.99. The number of H-pyrrole nitrogens is 1. The molecule has 2 aromatic carbocycles. The number of aromatic nitrogens is 3. The van der Waals surface area contributed by atoms with Crippen LogP contribution in [0.5, 0.6) is 0 Å². The number of ketones is 1. The Balaban J connectivity index is 1.60. The van der Waals surface area contributed by atoms with Crippen LogP contribution in [0.1, 0.15) is 35.1 Å². The molecule has 0 bridgehead atoms. The molecule has 138 valence electrons. The van der Waals surface area contributed by atoms with Gasteiger partial charge < -0.3 is 0 Å². The van der Waals surface area contributed by atoms with Crippen molar-refractivity contribution < 1.29 is 4.79 Å². The van der Waals surface area contributed by atoms with E-state index in [2.05, 4.69) is 33.4 Å². The Labute approximate surface area is 167 Å². The lowest BCUT2D eigenvalue weighted by Gasteiger charge is -2.07. The van der Waals surface area contributed by atoms with Crippen LogP contribution in [-0.2, 0) is 0 Å². The molecule has 0 saturated heterocycles. The number of pyridine rings is 1. The second-order valence-corrected chi connectivity index (χ2v) is 7.39. The standard InChI is InChI=1S/C23H19N3OS/c1-2-22(27)19-8-3-4-9-23(19)28-17-11-12-18-20(25-26-21(18)15-17)13-10-16-7-5-6-14-24-16/h3-15H,2H2,1H3,(H,25,26)/b13-10+/i27+2. The summed E-state index contributed by atoms with van der Waals surface area (Å²) in [7, 11) is 0. The Morgan fingerprint density at radius 1 is 1.07 bits per heavy atom. The summed E-state index contributed by atoms with van der Waals surface area (Å²) in [6, 6.07) is 19.8. The van der Waals surface area contributed by atoms with Crippen molar-refractivity contribution in [2.45, 2.75) is 23.1 Å². The summed E-state index contributed by atoms with van der Waals surface area (Å²) >= 11 is 1.60. The molecule has 2 aromatic heterocycles. The van der Waals surface area contributed by atoms with Gasteiger partial charge in [-0.2, -0.15) is 5.10 Å². The normalized spacial score (nSPS) is 11.3. The van der Waals surface area contributed by atoms with Crippen LogP contribution in [0.15, 0.2) is 76.7 Å². The van der Waals surface area contributed by atoms with Crippen LogP contribution in [0, 0.1) is 0 Å².